The molecule has 0 bridgehead atoms. The monoisotopic (exact) mass is 200 g/mol. The molecule has 0 spiro atoms. The van der Waals surface area contributed by atoms with Crippen LogP contribution in [0.3, 0.4) is 0 Å². The van der Waals surface area contributed by atoms with E-state index in [1.165, 1.54) is 0 Å². The van der Waals surface area contributed by atoms with Crippen LogP contribution in [-0.2, 0) is 9.47 Å². The van der Waals surface area contributed by atoms with Gasteiger partial charge in [0.15, 0.2) is 0 Å². The molecule has 0 aromatic carbocycles. The van der Waals surface area contributed by atoms with Gasteiger partial charge in [-0.15, -0.1) is 0 Å². The van der Waals surface area contributed by atoms with E-state index in [4.69, 9.17) is 9.47 Å². The minimum Gasteiger partial charge on any atom is -0.373 e. The Morgan fingerprint density at radius 2 is 1.00 bits per heavy atom. The van der Waals surface area contributed by atoms with Crippen LogP contribution in [0.15, 0.2) is 0 Å². The van der Waals surface area contributed by atoms with Gasteiger partial charge in [0.05, 0.1) is 25.4 Å². The molecule has 2 nitrogen and oxygen atoms in total. The average Bonchev–Trinajstić information content (AvgIpc) is 2.01. The molecule has 0 aromatic heterocycles. The van der Waals surface area contributed by atoms with Crippen LogP contribution < -0.4 is 0 Å². The fraction of sp³-hybridized carbons (Fsp3) is 1.00. The van der Waals surface area contributed by atoms with Gasteiger partial charge in [-0.1, -0.05) is 41.5 Å². The summed E-state index contributed by atoms with van der Waals surface area (Å²) in [7, 11) is 0. The van der Waals surface area contributed by atoms with Gasteiger partial charge in [-0.2, -0.15) is 0 Å². The maximum atomic E-state index is 5.86. The Morgan fingerprint density at radius 1 is 0.714 bits per heavy atom. The largest absolute Gasteiger partial charge is 0.373 e. The van der Waals surface area contributed by atoms with Crippen molar-refractivity contribution in [1.29, 1.82) is 0 Å². The van der Waals surface area contributed by atoms with Gasteiger partial charge in [0.2, 0.25) is 0 Å². The highest BCUT2D eigenvalue weighted by atomic mass is 16.6. The SMILES string of the molecule is CC(C)(C)C1OCCO[C@H]1C(C)(C)C. The zero-order valence-corrected chi connectivity index (χ0v) is 10.4. The molecule has 14 heavy (non-hydrogen) atoms. The van der Waals surface area contributed by atoms with Gasteiger partial charge in [-0.3, -0.25) is 0 Å². The lowest BCUT2D eigenvalue weighted by atomic mass is 9.75. The highest BCUT2D eigenvalue weighted by Gasteiger charge is 2.42. The lowest BCUT2D eigenvalue weighted by Gasteiger charge is -2.45. The Kier molecular flexibility index (Phi) is 3.27. The fourth-order valence-corrected chi connectivity index (χ4v) is 1.93. The molecule has 84 valence electrons. The molecule has 2 atom stereocenters. The summed E-state index contributed by atoms with van der Waals surface area (Å²) in [4.78, 5) is 0. The molecule has 0 aliphatic carbocycles. The van der Waals surface area contributed by atoms with Crippen LogP contribution in [0.2, 0.25) is 0 Å². The summed E-state index contributed by atoms with van der Waals surface area (Å²) in [5.74, 6) is 0. The van der Waals surface area contributed by atoms with Crippen LogP contribution in [0.4, 0.5) is 0 Å². The van der Waals surface area contributed by atoms with E-state index < -0.39 is 0 Å². The van der Waals surface area contributed by atoms with E-state index >= 15 is 0 Å². The lowest BCUT2D eigenvalue weighted by molar-refractivity contribution is -0.204. The number of hydrogen-bond donors (Lipinski definition) is 0. The zero-order chi connectivity index (χ0) is 11.0. The number of rotatable bonds is 0. The van der Waals surface area contributed by atoms with E-state index in [1.807, 2.05) is 0 Å². The number of ether oxygens (including phenoxy) is 2. The minimum absolute atomic E-state index is 0.151. The van der Waals surface area contributed by atoms with Gasteiger partial charge in [-0.05, 0) is 10.8 Å². The van der Waals surface area contributed by atoms with Crippen molar-refractivity contribution in [2.45, 2.75) is 53.8 Å². The molecule has 0 radical (unpaired) electrons. The molecule has 1 fully saturated rings. The fourth-order valence-electron chi connectivity index (χ4n) is 1.93. The van der Waals surface area contributed by atoms with Gasteiger partial charge in [0.1, 0.15) is 0 Å². The van der Waals surface area contributed by atoms with Crippen LogP contribution in [-0.4, -0.2) is 25.4 Å². The standard InChI is InChI=1S/C12H24O2/c1-11(2,3)9-10(12(4,5)6)14-8-7-13-9/h9-10H,7-8H2,1-6H3/t9-,10?/m1/s1. The van der Waals surface area contributed by atoms with Crippen LogP contribution in [0.5, 0.6) is 0 Å². The van der Waals surface area contributed by atoms with Gasteiger partial charge in [0, 0.05) is 0 Å². The summed E-state index contributed by atoms with van der Waals surface area (Å²) in [6.45, 7) is 14.7. The third-order valence-corrected chi connectivity index (χ3v) is 2.66. The van der Waals surface area contributed by atoms with Crippen molar-refractivity contribution < 1.29 is 9.47 Å². The maximum absolute atomic E-state index is 5.86. The summed E-state index contributed by atoms with van der Waals surface area (Å²) in [6.07, 6.45) is 0.410. The smallest absolute Gasteiger partial charge is 0.0891 e. The minimum atomic E-state index is 0.151. The third-order valence-electron chi connectivity index (χ3n) is 2.66. The van der Waals surface area contributed by atoms with Crippen molar-refractivity contribution in [3.8, 4) is 0 Å². The van der Waals surface area contributed by atoms with Crippen LogP contribution in [0.1, 0.15) is 41.5 Å². The van der Waals surface area contributed by atoms with Crippen molar-refractivity contribution >= 4 is 0 Å². The average molecular weight is 200 g/mol. The normalized spacial score (nSPS) is 30.4. The van der Waals surface area contributed by atoms with Crippen molar-refractivity contribution in [3.63, 3.8) is 0 Å². The lowest BCUT2D eigenvalue weighted by Crippen LogP contribution is -2.52. The molecular formula is C12H24O2. The second-order valence-corrected chi connectivity index (χ2v) is 6.31. The summed E-state index contributed by atoms with van der Waals surface area (Å²) in [5, 5.41) is 0. The van der Waals surface area contributed by atoms with E-state index in [2.05, 4.69) is 41.5 Å². The van der Waals surface area contributed by atoms with Gasteiger partial charge in [-0.25, -0.2) is 0 Å². The highest BCUT2D eigenvalue weighted by molar-refractivity contribution is 4.90. The zero-order valence-electron chi connectivity index (χ0n) is 10.4. The van der Waals surface area contributed by atoms with E-state index in [0.29, 0.717) is 0 Å². The van der Waals surface area contributed by atoms with Gasteiger partial charge >= 0.3 is 0 Å². The Balaban J connectivity index is 2.80. The Bertz CT molecular complexity index is 163. The molecule has 0 aromatic rings. The highest BCUT2D eigenvalue weighted by Crippen LogP contribution is 2.36. The first-order valence-corrected chi connectivity index (χ1v) is 5.46. The summed E-state index contributed by atoms with van der Waals surface area (Å²) in [5.41, 5.74) is 0.302. The van der Waals surface area contributed by atoms with E-state index in [9.17, 15) is 0 Å². The van der Waals surface area contributed by atoms with Gasteiger partial charge < -0.3 is 9.47 Å². The first-order chi connectivity index (χ1) is 6.23. The van der Waals surface area contributed by atoms with Crippen molar-refractivity contribution in [2.24, 2.45) is 10.8 Å². The molecule has 1 saturated heterocycles. The molecule has 1 heterocycles. The molecule has 1 aliphatic rings. The summed E-state index contributed by atoms with van der Waals surface area (Å²) >= 11 is 0. The first-order valence-electron chi connectivity index (χ1n) is 5.46. The number of hydrogen-bond acceptors (Lipinski definition) is 2. The van der Waals surface area contributed by atoms with Crippen molar-refractivity contribution in [3.05, 3.63) is 0 Å². The molecule has 1 rings (SSSR count). The van der Waals surface area contributed by atoms with Crippen molar-refractivity contribution in [1.82, 2.24) is 0 Å². The van der Waals surface area contributed by atoms with Crippen molar-refractivity contribution in [2.75, 3.05) is 13.2 Å². The molecule has 0 amide bonds. The van der Waals surface area contributed by atoms with E-state index in [-0.39, 0.29) is 23.0 Å². The predicted octanol–water partition coefficient (Wildman–Crippen LogP) is 2.86. The topological polar surface area (TPSA) is 18.5 Å². The Morgan fingerprint density at radius 3 is 1.21 bits per heavy atom. The van der Waals surface area contributed by atoms with E-state index in [0.717, 1.165) is 13.2 Å². The Labute approximate surface area is 88.0 Å². The van der Waals surface area contributed by atoms with Gasteiger partial charge in [0.25, 0.3) is 0 Å². The van der Waals surface area contributed by atoms with Crippen LogP contribution in [0, 0.1) is 10.8 Å². The second kappa shape index (κ2) is 3.82. The quantitative estimate of drug-likeness (QED) is 0.598. The molecule has 1 unspecified atom stereocenters. The third kappa shape index (κ3) is 2.71. The van der Waals surface area contributed by atoms with E-state index in [1.54, 1.807) is 0 Å². The second-order valence-electron chi connectivity index (χ2n) is 6.31. The molecule has 2 heteroatoms. The maximum Gasteiger partial charge on any atom is 0.0891 e. The van der Waals surface area contributed by atoms with Crippen LogP contribution in [0.25, 0.3) is 0 Å². The molecule has 1 aliphatic heterocycles. The predicted molar refractivity (Wildman–Crippen MR) is 58.4 cm³/mol. The summed E-state index contributed by atoms with van der Waals surface area (Å²) < 4.78 is 11.7. The first kappa shape index (κ1) is 12.0. The molecular weight excluding hydrogens is 176 g/mol. The van der Waals surface area contributed by atoms with Crippen LogP contribution >= 0.6 is 0 Å². The Hall–Kier alpha value is -0.0800. The molecule has 0 N–H and O–H groups in total. The summed E-state index contributed by atoms with van der Waals surface area (Å²) in [6, 6.07) is 0. The molecule has 0 saturated carbocycles.